The minimum absolute atomic E-state index is 0.0201. The zero-order valence-corrected chi connectivity index (χ0v) is 25.6. The summed E-state index contributed by atoms with van der Waals surface area (Å²) < 4.78 is 17.3. The van der Waals surface area contributed by atoms with E-state index in [2.05, 4.69) is 57.7 Å². The van der Waals surface area contributed by atoms with Gasteiger partial charge in [-0.05, 0) is 48.6 Å². The van der Waals surface area contributed by atoms with Gasteiger partial charge >= 0.3 is 6.01 Å². The molecule has 1 aliphatic carbocycles. The highest BCUT2D eigenvalue weighted by Crippen LogP contribution is 2.44. The van der Waals surface area contributed by atoms with E-state index in [0.29, 0.717) is 45.3 Å². The second kappa shape index (κ2) is 12.6. The number of rotatable bonds is 11. The third-order valence-electron chi connectivity index (χ3n) is 9.49. The molecule has 44 heavy (non-hydrogen) atoms. The Morgan fingerprint density at radius 1 is 1.02 bits per heavy atom. The van der Waals surface area contributed by atoms with Crippen LogP contribution < -0.4 is 19.3 Å². The lowest BCUT2D eigenvalue weighted by atomic mass is 10.0. The molecule has 10 heteroatoms. The first-order chi connectivity index (χ1) is 21.6. The first-order valence-electron chi connectivity index (χ1n) is 15.9. The number of amides is 1. The van der Waals surface area contributed by atoms with Crippen molar-refractivity contribution in [3.63, 3.8) is 0 Å². The molecule has 1 aromatic heterocycles. The molecule has 2 aromatic carbocycles. The molecule has 0 spiro atoms. The summed E-state index contributed by atoms with van der Waals surface area (Å²) in [7, 11) is 1.63. The first kappa shape index (κ1) is 28.9. The summed E-state index contributed by atoms with van der Waals surface area (Å²) in [6.07, 6.45) is 4.59. The van der Waals surface area contributed by atoms with Gasteiger partial charge in [0.15, 0.2) is 6.79 Å². The number of hydrogen-bond donors (Lipinski definition) is 0. The van der Waals surface area contributed by atoms with Crippen LogP contribution in [0.2, 0.25) is 0 Å². The number of nitrogens with zero attached hydrogens (tertiary/aromatic N) is 6. The van der Waals surface area contributed by atoms with E-state index >= 15 is 0 Å². The largest absolute Gasteiger partial charge is 0.467 e. The number of anilines is 2. The highest BCUT2D eigenvalue weighted by molar-refractivity contribution is 5.96. The van der Waals surface area contributed by atoms with Gasteiger partial charge in [0.2, 0.25) is 5.91 Å². The fraction of sp³-hybridized carbons (Fsp3) is 0.500. The van der Waals surface area contributed by atoms with Gasteiger partial charge in [-0.1, -0.05) is 30.8 Å². The van der Waals surface area contributed by atoms with E-state index in [-0.39, 0.29) is 12.7 Å². The van der Waals surface area contributed by atoms with Crippen LogP contribution in [0.3, 0.4) is 0 Å². The lowest BCUT2D eigenvalue weighted by molar-refractivity contribution is -0.126. The number of likely N-dealkylation sites (tertiary alicyclic amines) is 1. The van der Waals surface area contributed by atoms with Crippen molar-refractivity contribution in [2.45, 2.75) is 25.8 Å². The average molecular weight is 599 g/mol. The Morgan fingerprint density at radius 3 is 2.64 bits per heavy atom. The van der Waals surface area contributed by atoms with E-state index < -0.39 is 0 Å². The molecule has 0 radical (unpaired) electrons. The molecule has 2 unspecified atom stereocenters. The molecule has 1 amide bonds. The first-order valence-corrected chi connectivity index (χ1v) is 15.9. The number of piperidine rings is 1. The van der Waals surface area contributed by atoms with Crippen LogP contribution in [0, 0.1) is 11.8 Å². The third kappa shape index (κ3) is 6.05. The van der Waals surface area contributed by atoms with Crippen LogP contribution in [0.4, 0.5) is 11.5 Å². The molecule has 0 bridgehead atoms. The molecule has 3 fully saturated rings. The highest BCUT2D eigenvalue weighted by Gasteiger charge is 2.44. The lowest BCUT2D eigenvalue weighted by Crippen LogP contribution is -2.49. The SMILES string of the molecule is C=CC(=O)N1CCN(c2nc(OCCCN3CC4CC4C3)nc3c2CCN(c2cc(OCOC)cc4ccccc24)C3)CC1. The van der Waals surface area contributed by atoms with Crippen LogP contribution in [-0.4, -0.2) is 98.5 Å². The van der Waals surface area contributed by atoms with Gasteiger partial charge in [-0.15, -0.1) is 0 Å². The number of benzene rings is 2. The number of fused-ring (bicyclic) bond motifs is 3. The normalized spacial score (nSPS) is 21.2. The number of methoxy groups -OCH3 is 1. The Balaban J connectivity index is 1.13. The average Bonchev–Trinajstić information content (AvgIpc) is 3.68. The number of ether oxygens (including phenoxy) is 3. The smallest absolute Gasteiger partial charge is 0.318 e. The molecule has 1 saturated carbocycles. The van der Waals surface area contributed by atoms with E-state index in [9.17, 15) is 4.79 Å². The van der Waals surface area contributed by atoms with Gasteiger partial charge in [-0.2, -0.15) is 9.97 Å². The molecule has 7 rings (SSSR count). The minimum Gasteiger partial charge on any atom is -0.467 e. The summed E-state index contributed by atoms with van der Waals surface area (Å²) in [6, 6.07) is 13.0. The molecule has 232 valence electrons. The summed E-state index contributed by atoms with van der Waals surface area (Å²) in [6.45, 7) is 12.2. The zero-order valence-electron chi connectivity index (χ0n) is 25.6. The van der Waals surface area contributed by atoms with Crippen molar-refractivity contribution >= 4 is 28.2 Å². The van der Waals surface area contributed by atoms with Gasteiger partial charge in [0.05, 0.1) is 18.8 Å². The fourth-order valence-corrected chi connectivity index (χ4v) is 7.05. The Labute approximate surface area is 259 Å². The molecule has 0 N–H and O–H groups in total. The van der Waals surface area contributed by atoms with Crippen molar-refractivity contribution in [3.8, 4) is 11.8 Å². The molecule has 4 heterocycles. The second-order valence-electron chi connectivity index (χ2n) is 12.4. The molecular weight excluding hydrogens is 556 g/mol. The standard InChI is InChI=1S/C34H42N6O4/c1-3-32(41)38-12-14-39(15-13-38)33-29-9-11-40(31-19-27(44-23-42-2)18-24-7-4-5-8-28(24)31)22-30(29)35-34(36-33)43-16-6-10-37-20-25-17-26(25)21-37/h3-5,7-8,18-19,25-26H,1,6,9-17,20-23H2,2H3. The Morgan fingerprint density at radius 2 is 1.84 bits per heavy atom. The Bertz CT molecular complexity index is 1510. The summed E-state index contributed by atoms with van der Waals surface area (Å²) in [5.41, 5.74) is 3.28. The van der Waals surface area contributed by atoms with E-state index in [1.54, 1.807) is 7.11 Å². The Kier molecular flexibility index (Phi) is 8.27. The van der Waals surface area contributed by atoms with E-state index in [1.165, 1.54) is 36.5 Å². The van der Waals surface area contributed by atoms with Crippen molar-refractivity contribution in [2.24, 2.45) is 11.8 Å². The van der Waals surface area contributed by atoms with Crippen LogP contribution in [0.25, 0.3) is 10.8 Å². The van der Waals surface area contributed by atoms with Crippen molar-refractivity contribution in [1.29, 1.82) is 0 Å². The van der Waals surface area contributed by atoms with Crippen LogP contribution in [0.5, 0.6) is 11.8 Å². The molecule has 3 aromatic rings. The van der Waals surface area contributed by atoms with Crippen LogP contribution in [0.15, 0.2) is 49.1 Å². The third-order valence-corrected chi connectivity index (χ3v) is 9.49. The van der Waals surface area contributed by atoms with Gasteiger partial charge in [0.25, 0.3) is 0 Å². The fourth-order valence-electron chi connectivity index (χ4n) is 7.05. The Hall–Kier alpha value is -3.89. The van der Waals surface area contributed by atoms with Crippen LogP contribution >= 0.6 is 0 Å². The predicted octanol–water partition coefficient (Wildman–Crippen LogP) is 3.73. The number of aromatic nitrogens is 2. The van der Waals surface area contributed by atoms with Gasteiger partial charge in [-0.25, -0.2) is 0 Å². The van der Waals surface area contributed by atoms with E-state index in [4.69, 9.17) is 24.2 Å². The van der Waals surface area contributed by atoms with Crippen molar-refractivity contribution < 1.29 is 19.0 Å². The van der Waals surface area contributed by atoms with Gasteiger partial charge < -0.3 is 33.8 Å². The van der Waals surface area contributed by atoms with Crippen LogP contribution in [0.1, 0.15) is 24.1 Å². The maximum absolute atomic E-state index is 12.2. The van der Waals surface area contributed by atoms with Gasteiger partial charge in [0.1, 0.15) is 11.6 Å². The molecule has 10 nitrogen and oxygen atoms in total. The summed E-state index contributed by atoms with van der Waals surface area (Å²) in [5.74, 6) is 3.58. The molecule has 3 aliphatic heterocycles. The number of carbonyl (C=O) groups excluding carboxylic acids is 1. The van der Waals surface area contributed by atoms with E-state index in [0.717, 1.165) is 66.1 Å². The minimum atomic E-state index is -0.0201. The van der Waals surface area contributed by atoms with Gasteiger partial charge in [0, 0.05) is 82.2 Å². The number of hydrogen-bond acceptors (Lipinski definition) is 9. The van der Waals surface area contributed by atoms with Crippen molar-refractivity contribution in [3.05, 3.63) is 60.3 Å². The number of carbonyl (C=O) groups is 1. The lowest BCUT2D eigenvalue weighted by Gasteiger charge is -2.38. The van der Waals surface area contributed by atoms with Crippen molar-refractivity contribution in [1.82, 2.24) is 19.8 Å². The predicted molar refractivity (Wildman–Crippen MR) is 170 cm³/mol. The maximum atomic E-state index is 12.2. The van der Waals surface area contributed by atoms with E-state index in [1.807, 2.05) is 4.90 Å². The molecule has 2 saturated heterocycles. The molecule has 2 atom stereocenters. The topological polar surface area (TPSA) is 83.5 Å². The number of piperazine rings is 1. The summed E-state index contributed by atoms with van der Waals surface area (Å²) in [4.78, 5) is 31.3. The second-order valence-corrected chi connectivity index (χ2v) is 12.4. The van der Waals surface area contributed by atoms with Gasteiger partial charge in [-0.3, -0.25) is 4.79 Å². The molecule has 4 aliphatic rings. The quantitative estimate of drug-likeness (QED) is 0.186. The monoisotopic (exact) mass is 598 g/mol. The molecular formula is C34H42N6O4. The van der Waals surface area contributed by atoms with Crippen molar-refractivity contribution in [2.75, 3.05) is 82.7 Å². The maximum Gasteiger partial charge on any atom is 0.318 e. The summed E-state index contributed by atoms with van der Waals surface area (Å²) in [5, 5.41) is 2.30. The highest BCUT2D eigenvalue weighted by atomic mass is 16.7. The zero-order chi connectivity index (χ0) is 30.0. The summed E-state index contributed by atoms with van der Waals surface area (Å²) >= 11 is 0. The van der Waals surface area contributed by atoms with Crippen LogP contribution in [-0.2, 0) is 22.5 Å².